The Labute approximate surface area is 99.7 Å². The molecule has 0 saturated heterocycles. The molecule has 3 nitrogen and oxygen atoms in total. The average Bonchev–Trinajstić information content (AvgIpc) is 2.79. The number of carbonyl (C=O) groups excluding carboxylic acids is 1. The molecular weight excluding hydrogens is 221 g/mol. The van der Waals surface area contributed by atoms with E-state index in [9.17, 15) is 14.3 Å². The van der Waals surface area contributed by atoms with E-state index >= 15 is 0 Å². The SMILES string of the molecule is O=C(NCC1CCCC1)c1c(O)cccc1F. The molecule has 1 aromatic carbocycles. The third kappa shape index (κ3) is 2.75. The van der Waals surface area contributed by atoms with Crippen molar-refractivity contribution in [1.82, 2.24) is 5.32 Å². The van der Waals surface area contributed by atoms with E-state index < -0.39 is 11.7 Å². The summed E-state index contributed by atoms with van der Waals surface area (Å²) in [5.41, 5.74) is -0.259. The van der Waals surface area contributed by atoms with Gasteiger partial charge in [-0.25, -0.2) is 4.39 Å². The maximum Gasteiger partial charge on any atom is 0.258 e. The van der Waals surface area contributed by atoms with Crippen molar-refractivity contribution in [2.24, 2.45) is 5.92 Å². The Morgan fingerprint density at radius 2 is 2.12 bits per heavy atom. The van der Waals surface area contributed by atoms with Crippen molar-refractivity contribution in [3.63, 3.8) is 0 Å². The second kappa shape index (κ2) is 5.17. The summed E-state index contributed by atoms with van der Waals surface area (Å²) in [6, 6.07) is 3.86. The van der Waals surface area contributed by atoms with Gasteiger partial charge in [-0.3, -0.25) is 4.79 Å². The Morgan fingerprint density at radius 1 is 1.41 bits per heavy atom. The molecule has 1 amide bonds. The van der Waals surface area contributed by atoms with Crippen LogP contribution in [0, 0.1) is 11.7 Å². The number of carbonyl (C=O) groups is 1. The van der Waals surface area contributed by atoms with Gasteiger partial charge in [-0.2, -0.15) is 0 Å². The Balaban J connectivity index is 1.99. The molecule has 17 heavy (non-hydrogen) atoms. The summed E-state index contributed by atoms with van der Waals surface area (Å²) >= 11 is 0. The van der Waals surface area contributed by atoms with Crippen molar-refractivity contribution in [3.05, 3.63) is 29.6 Å². The zero-order valence-corrected chi connectivity index (χ0v) is 9.58. The molecule has 92 valence electrons. The minimum absolute atomic E-state index is 0.259. The molecule has 1 fully saturated rings. The summed E-state index contributed by atoms with van der Waals surface area (Å²) in [7, 11) is 0. The van der Waals surface area contributed by atoms with Crippen LogP contribution in [0.3, 0.4) is 0 Å². The van der Waals surface area contributed by atoms with Gasteiger partial charge < -0.3 is 10.4 Å². The van der Waals surface area contributed by atoms with Crippen LogP contribution in [-0.2, 0) is 0 Å². The van der Waals surface area contributed by atoms with Crippen LogP contribution in [0.25, 0.3) is 0 Å². The summed E-state index contributed by atoms with van der Waals surface area (Å²) in [5.74, 6) is -1.04. The van der Waals surface area contributed by atoms with Gasteiger partial charge in [0.05, 0.1) is 0 Å². The van der Waals surface area contributed by atoms with Crippen LogP contribution >= 0.6 is 0 Å². The van der Waals surface area contributed by atoms with Gasteiger partial charge in [0, 0.05) is 6.54 Å². The van der Waals surface area contributed by atoms with Crippen molar-refractivity contribution < 1.29 is 14.3 Å². The fourth-order valence-corrected chi connectivity index (χ4v) is 2.28. The zero-order chi connectivity index (χ0) is 12.3. The first-order valence-electron chi connectivity index (χ1n) is 5.94. The first-order valence-corrected chi connectivity index (χ1v) is 5.94. The Bertz CT molecular complexity index is 394. The molecule has 0 aromatic heterocycles. The maximum atomic E-state index is 13.4. The monoisotopic (exact) mass is 237 g/mol. The minimum atomic E-state index is -0.686. The van der Waals surface area contributed by atoms with E-state index in [-0.39, 0.29) is 11.3 Å². The third-order valence-corrected chi connectivity index (χ3v) is 3.24. The molecule has 1 aromatic rings. The van der Waals surface area contributed by atoms with Crippen molar-refractivity contribution >= 4 is 5.91 Å². The topological polar surface area (TPSA) is 49.3 Å². The van der Waals surface area contributed by atoms with E-state index in [4.69, 9.17) is 0 Å². The van der Waals surface area contributed by atoms with Gasteiger partial charge in [0.1, 0.15) is 17.1 Å². The predicted molar refractivity (Wildman–Crippen MR) is 62.4 cm³/mol. The van der Waals surface area contributed by atoms with Crippen molar-refractivity contribution in [3.8, 4) is 5.75 Å². The number of nitrogens with one attached hydrogen (secondary N) is 1. The van der Waals surface area contributed by atoms with Gasteiger partial charge in [-0.1, -0.05) is 18.9 Å². The summed E-state index contributed by atoms with van der Waals surface area (Å²) in [6.45, 7) is 0.562. The maximum absolute atomic E-state index is 13.4. The largest absolute Gasteiger partial charge is 0.507 e. The van der Waals surface area contributed by atoms with Gasteiger partial charge in [0.25, 0.3) is 5.91 Å². The quantitative estimate of drug-likeness (QED) is 0.848. The fraction of sp³-hybridized carbons (Fsp3) is 0.462. The Morgan fingerprint density at radius 3 is 2.76 bits per heavy atom. The lowest BCUT2D eigenvalue weighted by Gasteiger charge is -2.11. The molecule has 0 unspecified atom stereocenters. The average molecular weight is 237 g/mol. The highest BCUT2D eigenvalue weighted by atomic mass is 19.1. The van der Waals surface area contributed by atoms with E-state index in [0.717, 1.165) is 12.8 Å². The first-order chi connectivity index (χ1) is 8.18. The first kappa shape index (κ1) is 11.9. The highest BCUT2D eigenvalue weighted by Gasteiger charge is 2.19. The van der Waals surface area contributed by atoms with E-state index in [1.807, 2.05) is 0 Å². The lowest BCUT2D eigenvalue weighted by atomic mass is 10.1. The van der Waals surface area contributed by atoms with Crippen LogP contribution in [-0.4, -0.2) is 17.6 Å². The van der Waals surface area contributed by atoms with Crippen LogP contribution in [0.5, 0.6) is 5.75 Å². The molecule has 0 spiro atoms. The fourth-order valence-electron chi connectivity index (χ4n) is 2.28. The molecular formula is C13H16FNO2. The van der Waals surface area contributed by atoms with Gasteiger partial charge in [-0.05, 0) is 30.9 Å². The summed E-state index contributed by atoms with van der Waals surface area (Å²) in [4.78, 5) is 11.7. The molecule has 0 radical (unpaired) electrons. The highest BCUT2D eigenvalue weighted by Crippen LogP contribution is 2.24. The van der Waals surface area contributed by atoms with Crippen LogP contribution in [0.15, 0.2) is 18.2 Å². The number of phenols is 1. The van der Waals surface area contributed by atoms with E-state index in [1.165, 1.54) is 31.0 Å². The lowest BCUT2D eigenvalue weighted by molar-refractivity contribution is 0.0940. The second-order valence-corrected chi connectivity index (χ2v) is 4.49. The Kier molecular flexibility index (Phi) is 3.61. The van der Waals surface area contributed by atoms with Crippen LogP contribution in [0.2, 0.25) is 0 Å². The summed E-state index contributed by atoms with van der Waals surface area (Å²) in [5, 5.41) is 12.1. The van der Waals surface area contributed by atoms with Crippen LogP contribution in [0.4, 0.5) is 4.39 Å². The van der Waals surface area contributed by atoms with E-state index in [2.05, 4.69) is 5.32 Å². The molecule has 1 saturated carbocycles. The number of phenolic OH excluding ortho intramolecular Hbond substituents is 1. The Hall–Kier alpha value is -1.58. The summed E-state index contributed by atoms with van der Waals surface area (Å²) in [6.07, 6.45) is 4.63. The van der Waals surface area contributed by atoms with Crippen molar-refractivity contribution in [1.29, 1.82) is 0 Å². The number of hydrogen-bond donors (Lipinski definition) is 2. The number of aromatic hydroxyl groups is 1. The summed E-state index contributed by atoms with van der Waals surface area (Å²) < 4.78 is 13.4. The van der Waals surface area contributed by atoms with Gasteiger partial charge in [-0.15, -0.1) is 0 Å². The molecule has 0 atom stereocenters. The second-order valence-electron chi connectivity index (χ2n) is 4.49. The molecule has 1 aliphatic carbocycles. The predicted octanol–water partition coefficient (Wildman–Crippen LogP) is 2.45. The normalized spacial score (nSPS) is 16.1. The van der Waals surface area contributed by atoms with Crippen molar-refractivity contribution in [2.75, 3.05) is 6.54 Å². The van der Waals surface area contributed by atoms with Crippen LogP contribution in [0.1, 0.15) is 36.0 Å². The number of benzene rings is 1. The molecule has 2 rings (SSSR count). The van der Waals surface area contributed by atoms with Crippen LogP contribution < -0.4 is 5.32 Å². The number of hydrogen-bond acceptors (Lipinski definition) is 2. The zero-order valence-electron chi connectivity index (χ0n) is 9.58. The molecule has 0 bridgehead atoms. The molecule has 0 heterocycles. The number of halogens is 1. The smallest absolute Gasteiger partial charge is 0.258 e. The number of rotatable bonds is 3. The lowest BCUT2D eigenvalue weighted by Crippen LogP contribution is -2.29. The van der Waals surface area contributed by atoms with E-state index in [0.29, 0.717) is 12.5 Å². The molecule has 0 aliphatic heterocycles. The molecule has 1 aliphatic rings. The van der Waals surface area contributed by atoms with Gasteiger partial charge >= 0.3 is 0 Å². The van der Waals surface area contributed by atoms with Gasteiger partial charge in [0.15, 0.2) is 0 Å². The highest BCUT2D eigenvalue weighted by molar-refractivity contribution is 5.97. The third-order valence-electron chi connectivity index (χ3n) is 3.24. The van der Waals surface area contributed by atoms with E-state index in [1.54, 1.807) is 0 Å². The van der Waals surface area contributed by atoms with Gasteiger partial charge in [0.2, 0.25) is 0 Å². The standard InChI is InChI=1S/C13H16FNO2/c14-10-6-3-7-11(16)12(10)13(17)15-8-9-4-1-2-5-9/h3,6-7,9,16H,1-2,4-5,8H2,(H,15,17). The minimum Gasteiger partial charge on any atom is -0.507 e. The molecule has 4 heteroatoms. The number of amides is 1. The van der Waals surface area contributed by atoms with Crippen molar-refractivity contribution in [2.45, 2.75) is 25.7 Å². The molecule has 2 N–H and O–H groups in total.